The Morgan fingerprint density at radius 2 is 1.82 bits per heavy atom. The van der Waals surface area contributed by atoms with Crippen molar-refractivity contribution >= 4 is 83.1 Å². The highest BCUT2D eigenvalue weighted by Crippen LogP contribution is 2.42. The Balaban J connectivity index is 1.36. The van der Waals surface area contributed by atoms with Gasteiger partial charge in [0.05, 0.1) is 28.7 Å². The minimum Gasteiger partial charge on any atom is -0.493 e. The van der Waals surface area contributed by atoms with E-state index in [0.717, 1.165) is 5.39 Å². The Hall–Kier alpha value is -4.45. The second kappa shape index (κ2) is 12.7. The summed E-state index contributed by atoms with van der Waals surface area (Å²) in [6.45, 7) is -0.256. The standard InChI is InChI=1S/C32H21Br2ClN4O5/c1-42-25-15-19(28(33)29(34)30(25)43-17-27(40)37-21-7-3-2-4-8-21)16-36-39-31(38-23-10-6-5-9-22(23)32(39)41)26-14-18-13-20(35)11-12-24(18)44-26/h2-16H,17H2,1H3,(H,37,40). The summed E-state index contributed by atoms with van der Waals surface area (Å²) in [6.07, 6.45) is 1.49. The number of rotatable bonds is 8. The highest BCUT2D eigenvalue weighted by Gasteiger charge is 2.20. The molecule has 0 saturated heterocycles. The number of benzene rings is 4. The Kier molecular flexibility index (Phi) is 8.51. The predicted molar refractivity (Wildman–Crippen MR) is 178 cm³/mol. The third-order valence-electron chi connectivity index (χ3n) is 6.55. The van der Waals surface area contributed by atoms with Crippen LogP contribution < -0.4 is 20.3 Å². The van der Waals surface area contributed by atoms with E-state index < -0.39 is 0 Å². The van der Waals surface area contributed by atoms with Crippen LogP contribution in [-0.4, -0.2) is 35.5 Å². The molecule has 44 heavy (non-hydrogen) atoms. The van der Waals surface area contributed by atoms with Gasteiger partial charge in [-0.1, -0.05) is 41.9 Å². The topological polar surface area (TPSA) is 108 Å². The van der Waals surface area contributed by atoms with Gasteiger partial charge in [0.25, 0.3) is 11.5 Å². The van der Waals surface area contributed by atoms with Gasteiger partial charge in [-0.05, 0) is 86.5 Å². The van der Waals surface area contributed by atoms with Crippen molar-refractivity contribution in [3.63, 3.8) is 0 Å². The average molecular weight is 737 g/mol. The maximum atomic E-state index is 13.7. The number of aromatic nitrogens is 2. The number of anilines is 1. The van der Waals surface area contributed by atoms with Gasteiger partial charge in [0.1, 0.15) is 5.58 Å². The van der Waals surface area contributed by atoms with Crippen LogP contribution in [0.3, 0.4) is 0 Å². The summed E-state index contributed by atoms with van der Waals surface area (Å²) in [5, 5.41) is 9.02. The first-order valence-corrected chi connectivity index (χ1v) is 15.1. The minimum absolute atomic E-state index is 0.212. The molecular weight excluding hydrogens is 716 g/mol. The third kappa shape index (κ3) is 5.99. The Morgan fingerprint density at radius 3 is 2.61 bits per heavy atom. The van der Waals surface area contributed by atoms with Crippen LogP contribution in [0.4, 0.5) is 5.69 Å². The maximum Gasteiger partial charge on any atom is 0.282 e. The average Bonchev–Trinajstić information content (AvgIpc) is 3.45. The van der Waals surface area contributed by atoms with Gasteiger partial charge in [-0.3, -0.25) is 9.59 Å². The van der Waals surface area contributed by atoms with Gasteiger partial charge in [-0.2, -0.15) is 9.78 Å². The summed E-state index contributed by atoms with van der Waals surface area (Å²) < 4.78 is 19.7. The Bertz CT molecular complexity index is 2130. The first-order chi connectivity index (χ1) is 21.3. The summed E-state index contributed by atoms with van der Waals surface area (Å²) in [4.78, 5) is 30.9. The number of hydrogen-bond acceptors (Lipinski definition) is 7. The van der Waals surface area contributed by atoms with Crippen molar-refractivity contribution in [3.8, 4) is 23.1 Å². The molecule has 0 unspecified atom stereocenters. The van der Waals surface area contributed by atoms with E-state index in [2.05, 4.69) is 42.3 Å². The summed E-state index contributed by atoms with van der Waals surface area (Å²) in [7, 11) is 1.48. The monoisotopic (exact) mass is 734 g/mol. The van der Waals surface area contributed by atoms with Gasteiger partial charge in [0, 0.05) is 26.1 Å². The highest BCUT2D eigenvalue weighted by molar-refractivity contribution is 9.13. The number of ether oxygens (including phenoxy) is 2. The predicted octanol–water partition coefficient (Wildman–Crippen LogP) is 7.90. The quantitative estimate of drug-likeness (QED) is 0.159. The molecule has 0 aliphatic heterocycles. The lowest BCUT2D eigenvalue weighted by atomic mass is 10.2. The van der Waals surface area contributed by atoms with Crippen molar-refractivity contribution in [1.29, 1.82) is 0 Å². The largest absolute Gasteiger partial charge is 0.493 e. The van der Waals surface area contributed by atoms with Crippen LogP contribution in [0.15, 0.2) is 108 Å². The van der Waals surface area contributed by atoms with Crippen LogP contribution in [0.25, 0.3) is 33.5 Å². The first-order valence-electron chi connectivity index (χ1n) is 13.1. The molecule has 6 aromatic rings. The normalized spacial score (nSPS) is 11.4. The van der Waals surface area contributed by atoms with Gasteiger partial charge in [-0.25, -0.2) is 4.98 Å². The van der Waals surface area contributed by atoms with Gasteiger partial charge in [0.15, 0.2) is 23.9 Å². The number of amides is 1. The van der Waals surface area contributed by atoms with E-state index >= 15 is 0 Å². The zero-order chi connectivity index (χ0) is 30.8. The zero-order valence-corrected chi connectivity index (χ0v) is 26.8. The number of nitrogens with one attached hydrogen (secondary N) is 1. The molecule has 0 aliphatic rings. The molecule has 2 aromatic heterocycles. The minimum atomic E-state index is -0.383. The summed E-state index contributed by atoms with van der Waals surface area (Å²) >= 11 is 13.3. The van der Waals surface area contributed by atoms with Gasteiger partial charge in [0.2, 0.25) is 5.82 Å². The van der Waals surface area contributed by atoms with E-state index in [1.54, 1.807) is 66.7 Å². The van der Waals surface area contributed by atoms with Crippen LogP contribution in [-0.2, 0) is 4.79 Å². The van der Waals surface area contributed by atoms with Crippen molar-refractivity contribution in [2.45, 2.75) is 0 Å². The molecular formula is C32H21Br2ClN4O5. The van der Waals surface area contributed by atoms with Gasteiger partial charge < -0.3 is 19.2 Å². The molecule has 0 radical (unpaired) electrons. The van der Waals surface area contributed by atoms with E-state index in [1.807, 2.05) is 18.2 Å². The van der Waals surface area contributed by atoms with Crippen molar-refractivity contribution < 1.29 is 18.7 Å². The van der Waals surface area contributed by atoms with Crippen LogP contribution in [0, 0.1) is 0 Å². The SMILES string of the molecule is COc1cc(C=Nn2c(-c3cc4cc(Cl)ccc4o3)nc3ccccc3c2=O)c(Br)c(Br)c1OCC(=O)Nc1ccccc1. The lowest BCUT2D eigenvalue weighted by Gasteiger charge is -2.15. The fourth-order valence-electron chi connectivity index (χ4n) is 4.48. The van der Waals surface area contributed by atoms with Crippen LogP contribution in [0.5, 0.6) is 11.5 Å². The summed E-state index contributed by atoms with van der Waals surface area (Å²) in [5.74, 6) is 0.871. The van der Waals surface area contributed by atoms with E-state index in [1.165, 1.54) is 18.0 Å². The van der Waals surface area contributed by atoms with Gasteiger partial charge in [-0.15, -0.1) is 0 Å². The van der Waals surface area contributed by atoms with Crippen LogP contribution >= 0.6 is 43.5 Å². The molecule has 0 atom stereocenters. The lowest BCUT2D eigenvalue weighted by molar-refractivity contribution is -0.118. The van der Waals surface area contributed by atoms with E-state index in [0.29, 0.717) is 59.0 Å². The lowest BCUT2D eigenvalue weighted by Crippen LogP contribution is -2.20. The third-order valence-corrected chi connectivity index (χ3v) is 8.92. The van der Waals surface area contributed by atoms with E-state index in [-0.39, 0.29) is 23.9 Å². The van der Waals surface area contributed by atoms with Crippen molar-refractivity contribution in [1.82, 2.24) is 9.66 Å². The molecule has 1 N–H and O–H groups in total. The van der Waals surface area contributed by atoms with E-state index in [9.17, 15) is 9.59 Å². The number of carbonyl (C=O) groups is 1. The number of furan rings is 1. The highest BCUT2D eigenvalue weighted by atomic mass is 79.9. The molecule has 9 nitrogen and oxygen atoms in total. The molecule has 220 valence electrons. The number of halogens is 3. The van der Waals surface area contributed by atoms with Crippen LogP contribution in [0.1, 0.15) is 5.56 Å². The van der Waals surface area contributed by atoms with E-state index in [4.69, 9.17) is 30.5 Å². The first kappa shape index (κ1) is 29.6. The van der Waals surface area contributed by atoms with Gasteiger partial charge >= 0.3 is 0 Å². The smallest absolute Gasteiger partial charge is 0.282 e. The number of fused-ring (bicyclic) bond motifs is 2. The second-order valence-corrected chi connectivity index (χ2v) is 11.5. The number of methoxy groups -OCH3 is 1. The number of para-hydroxylation sites is 2. The zero-order valence-electron chi connectivity index (χ0n) is 22.9. The number of carbonyl (C=O) groups excluding carboxylic acids is 1. The molecule has 0 spiro atoms. The Morgan fingerprint density at radius 1 is 1.05 bits per heavy atom. The molecule has 4 aromatic carbocycles. The van der Waals surface area contributed by atoms with Crippen molar-refractivity contribution in [3.05, 3.63) is 115 Å². The molecule has 0 fully saturated rings. The van der Waals surface area contributed by atoms with Crippen LogP contribution in [0.2, 0.25) is 5.02 Å². The number of hydrogen-bond donors (Lipinski definition) is 1. The number of nitrogens with zero attached hydrogens (tertiary/aromatic N) is 3. The molecule has 0 aliphatic carbocycles. The molecule has 0 bridgehead atoms. The molecule has 1 amide bonds. The van der Waals surface area contributed by atoms with Crippen molar-refractivity contribution in [2.75, 3.05) is 19.0 Å². The Labute approximate surface area is 272 Å². The second-order valence-electron chi connectivity index (χ2n) is 9.43. The molecule has 12 heteroatoms. The molecule has 6 rings (SSSR count). The maximum absolute atomic E-state index is 13.7. The summed E-state index contributed by atoms with van der Waals surface area (Å²) in [5.41, 5.74) is 1.92. The fraction of sp³-hybridized carbons (Fsp3) is 0.0625. The summed E-state index contributed by atoms with van der Waals surface area (Å²) in [6, 6.07) is 24.8. The molecule has 0 saturated carbocycles. The molecule has 2 heterocycles. The van der Waals surface area contributed by atoms with Crippen molar-refractivity contribution in [2.24, 2.45) is 5.10 Å². The fourth-order valence-corrected chi connectivity index (χ4v) is 5.59.